The number of rotatable bonds is 7. The number of aliphatic imine (C=N–C) groups is 1. The van der Waals surface area contributed by atoms with Gasteiger partial charge < -0.3 is 20.1 Å². The molecule has 10 heteroatoms. The molecule has 2 aromatic heterocycles. The fourth-order valence-electron chi connectivity index (χ4n) is 3.52. The van der Waals surface area contributed by atoms with Crippen molar-refractivity contribution >= 4 is 47.2 Å². The minimum Gasteiger partial charge on any atom is -0.369 e. The Labute approximate surface area is 209 Å². The minimum absolute atomic E-state index is 0. The van der Waals surface area contributed by atoms with Crippen molar-refractivity contribution in [1.29, 1.82) is 0 Å². The summed E-state index contributed by atoms with van der Waals surface area (Å²) in [5.74, 6) is 1.85. The molecule has 0 bridgehead atoms. The highest BCUT2D eigenvalue weighted by atomic mass is 127. The van der Waals surface area contributed by atoms with Crippen LogP contribution in [0.4, 0.5) is 5.69 Å². The average molecular weight is 568 g/mol. The standard InChI is InChI=1S/C22H26ClN7O.HI/c1-2-24-22(27-17-10-13-30(15-17)18-7-5-6-16(23)14-18)26-12-9-20-28-21(31-29-20)19-8-3-4-11-25-19;/h3-8,11,14,17H,2,9-10,12-13,15H2,1H3,(H2,24,26,27);1H. The summed E-state index contributed by atoms with van der Waals surface area (Å²) in [5, 5.41) is 11.7. The summed E-state index contributed by atoms with van der Waals surface area (Å²) in [4.78, 5) is 15.7. The molecule has 2 N–H and O–H groups in total. The predicted molar refractivity (Wildman–Crippen MR) is 138 cm³/mol. The molecule has 0 amide bonds. The summed E-state index contributed by atoms with van der Waals surface area (Å²) >= 11 is 6.14. The van der Waals surface area contributed by atoms with Gasteiger partial charge in [-0.2, -0.15) is 4.98 Å². The summed E-state index contributed by atoms with van der Waals surface area (Å²) < 4.78 is 5.31. The van der Waals surface area contributed by atoms with Crippen LogP contribution in [-0.2, 0) is 6.42 Å². The first kappa shape index (κ1) is 24.2. The van der Waals surface area contributed by atoms with Crippen LogP contribution in [0.5, 0.6) is 0 Å². The number of halogens is 2. The van der Waals surface area contributed by atoms with E-state index in [1.165, 1.54) is 0 Å². The lowest BCUT2D eigenvalue weighted by Crippen LogP contribution is -2.44. The molecule has 1 saturated heterocycles. The van der Waals surface area contributed by atoms with E-state index in [0.29, 0.717) is 36.4 Å². The summed E-state index contributed by atoms with van der Waals surface area (Å²) in [5.41, 5.74) is 1.82. The molecule has 0 saturated carbocycles. The average Bonchev–Trinajstić information content (AvgIpc) is 3.44. The highest BCUT2D eigenvalue weighted by Crippen LogP contribution is 2.23. The number of nitrogens with zero attached hydrogens (tertiary/aromatic N) is 5. The Morgan fingerprint density at radius 1 is 1.28 bits per heavy atom. The van der Waals surface area contributed by atoms with E-state index in [4.69, 9.17) is 16.1 Å². The molecule has 3 heterocycles. The quantitative estimate of drug-likeness (QED) is 0.255. The van der Waals surface area contributed by atoms with Crippen molar-refractivity contribution in [3.05, 3.63) is 59.5 Å². The Morgan fingerprint density at radius 3 is 2.97 bits per heavy atom. The van der Waals surface area contributed by atoms with E-state index in [0.717, 1.165) is 42.7 Å². The van der Waals surface area contributed by atoms with Crippen molar-refractivity contribution in [2.45, 2.75) is 25.8 Å². The predicted octanol–water partition coefficient (Wildman–Crippen LogP) is 3.78. The first-order chi connectivity index (χ1) is 15.2. The van der Waals surface area contributed by atoms with Gasteiger partial charge in [0.25, 0.3) is 5.89 Å². The van der Waals surface area contributed by atoms with E-state index in [-0.39, 0.29) is 24.0 Å². The van der Waals surface area contributed by atoms with Crippen molar-refractivity contribution in [2.75, 3.05) is 31.1 Å². The molecule has 1 aromatic carbocycles. The van der Waals surface area contributed by atoms with Crippen molar-refractivity contribution < 1.29 is 4.52 Å². The van der Waals surface area contributed by atoms with Crippen LogP contribution in [0, 0.1) is 0 Å². The highest BCUT2D eigenvalue weighted by molar-refractivity contribution is 14.0. The van der Waals surface area contributed by atoms with Crippen LogP contribution in [0.25, 0.3) is 11.6 Å². The van der Waals surface area contributed by atoms with Crippen LogP contribution in [0.2, 0.25) is 5.02 Å². The maximum atomic E-state index is 6.14. The molecule has 3 aromatic rings. The monoisotopic (exact) mass is 567 g/mol. The van der Waals surface area contributed by atoms with Crippen molar-refractivity contribution in [3.63, 3.8) is 0 Å². The van der Waals surface area contributed by atoms with Gasteiger partial charge in [0.2, 0.25) is 0 Å². The van der Waals surface area contributed by atoms with Gasteiger partial charge in [0, 0.05) is 55.5 Å². The Bertz CT molecular complexity index is 1010. The second kappa shape index (κ2) is 12.0. The molecule has 170 valence electrons. The molecule has 1 aliphatic heterocycles. The zero-order valence-electron chi connectivity index (χ0n) is 17.9. The van der Waals surface area contributed by atoms with Gasteiger partial charge in [-0.3, -0.25) is 9.98 Å². The van der Waals surface area contributed by atoms with Gasteiger partial charge >= 0.3 is 0 Å². The largest absolute Gasteiger partial charge is 0.369 e. The van der Waals surface area contributed by atoms with E-state index < -0.39 is 0 Å². The maximum absolute atomic E-state index is 6.14. The fourth-order valence-corrected chi connectivity index (χ4v) is 3.70. The highest BCUT2D eigenvalue weighted by Gasteiger charge is 2.23. The zero-order chi connectivity index (χ0) is 21.5. The van der Waals surface area contributed by atoms with Crippen molar-refractivity contribution in [3.8, 4) is 11.6 Å². The molecule has 4 rings (SSSR count). The molecular weight excluding hydrogens is 541 g/mol. The number of aromatic nitrogens is 3. The summed E-state index contributed by atoms with van der Waals surface area (Å²) in [6.45, 7) is 5.30. The molecule has 1 unspecified atom stereocenters. The Hall–Kier alpha value is -2.40. The van der Waals surface area contributed by atoms with E-state index >= 15 is 0 Å². The zero-order valence-corrected chi connectivity index (χ0v) is 21.0. The lowest BCUT2D eigenvalue weighted by Gasteiger charge is -2.20. The topological polar surface area (TPSA) is 91.5 Å². The molecule has 0 radical (unpaired) electrons. The van der Waals surface area contributed by atoms with Crippen LogP contribution in [0.1, 0.15) is 19.2 Å². The van der Waals surface area contributed by atoms with Crippen LogP contribution in [0.3, 0.4) is 0 Å². The van der Waals surface area contributed by atoms with Gasteiger partial charge in [-0.25, -0.2) is 0 Å². The molecule has 0 aliphatic carbocycles. The summed E-state index contributed by atoms with van der Waals surface area (Å²) in [6, 6.07) is 13.9. The normalized spacial score (nSPS) is 16.0. The molecule has 1 atom stereocenters. The van der Waals surface area contributed by atoms with E-state index in [9.17, 15) is 0 Å². The number of nitrogens with one attached hydrogen (secondary N) is 2. The molecule has 8 nitrogen and oxygen atoms in total. The number of benzene rings is 1. The molecule has 1 fully saturated rings. The summed E-state index contributed by atoms with van der Waals surface area (Å²) in [6.07, 6.45) is 3.33. The number of hydrogen-bond donors (Lipinski definition) is 2. The SMILES string of the molecule is CCNC(=NCCc1noc(-c2ccccn2)n1)NC1CCN(c2cccc(Cl)c2)C1.I. The Balaban J connectivity index is 0.00000289. The van der Waals surface area contributed by atoms with Gasteiger partial charge in [0.1, 0.15) is 5.69 Å². The number of anilines is 1. The number of pyridine rings is 1. The van der Waals surface area contributed by atoms with Gasteiger partial charge in [0.15, 0.2) is 11.8 Å². The Kier molecular flexibility index (Phi) is 9.10. The Morgan fingerprint density at radius 2 is 2.19 bits per heavy atom. The van der Waals surface area contributed by atoms with Crippen LogP contribution in [0.15, 0.2) is 58.2 Å². The van der Waals surface area contributed by atoms with E-state index in [1.54, 1.807) is 6.20 Å². The van der Waals surface area contributed by atoms with Crippen LogP contribution in [-0.4, -0.2) is 53.3 Å². The minimum atomic E-state index is 0. The fraction of sp³-hybridized carbons (Fsp3) is 0.364. The summed E-state index contributed by atoms with van der Waals surface area (Å²) in [7, 11) is 0. The third-order valence-corrected chi connectivity index (χ3v) is 5.24. The van der Waals surface area contributed by atoms with E-state index in [1.807, 2.05) is 36.4 Å². The molecule has 1 aliphatic rings. The second-order valence-corrected chi connectivity index (χ2v) is 7.73. The smallest absolute Gasteiger partial charge is 0.276 e. The first-order valence-corrected chi connectivity index (χ1v) is 10.9. The van der Waals surface area contributed by atoms with E-state index in [2.05, 4.69) is 48.6 Å². The van der Waals surface area contributed by atoms with Gasteiger partial charge in [-0.05, 0) is 43.7 Å². The van der Waals surface area contributed by atoms with Crippen molar-refractivity contribution in [1.82, 2.24) is 25.8 Å². The number of hydrogen-bond acceptors (Lipinski definition) is 6. The molecule has 32 heavy (non-hydrogen) atoms. The molecular formula is C22H27ClIN7O. The second-order valence-electron chi connectivity index (χ2n) is 7.30. The third-order valence-electron chi connectivity index (χ3n) is 5.00. The van der Waals surface area contributed by atoms with Gasteiger partial charge in [-0.1, -0.05) is 28.9 Å². The number of guanidine groups is 1. The lowest BCUT2D eigenvalue weighted by molar-refractivity contribution is 0.421. The third kappa shape index (κ3) is 6.55. The lowest BCUT2D eigenvalue weighted by atomic mass is 10.2. The first-order valence-electron chi connectivity index (χ1n) is 10.5. The van der Waals surface area contributed by atoms with Gasteiger partial charge in [0.05, 0.1) is 0 Å². The van der Waals surface area contributed by atoms with Gasteiger partial charge in [-0.15, -0.1) is 24.0 Å². The molecule has 0 spiro atoms. The maximum Gasteiger partial charge on any atom is 0.276 e. The van der Waals surface area contributed by atoms with Crippen LogP contribution >= 0.6 is 35.6 Å². The van der Waals surface area contributed by atoms with Crippen molar-refractivity contribution in [2.24, 2.45) is 4.99 Å². The van der Waals surface area contributed by atoms with Crippen LogP contribution < -0.4 is 15.5 Å².